The van der Waals surface area contributed by atoms with E-state index in [1.54, 1.807) is 11.3 Å². The summed E-state index contributed by atoms with van der Waals surface area (Å²) in [4.78, 5) is 6.98. The maximum Gasteiger partial charge on any atom is 0.273 e. The summed E-state index contributed by atoms with van der Waals surface area (Å²) in [6.07, 6.45) is 4.27. The quantitative estimate of drug-likeness (QED) is 0.823. The predicted octanol–water partition coefficient (Wildman–Crippen LogP) is 3.55. The van der Waals surface area contributed by atoms with Crippen molar-refractivity contribution in [1.29, 1.82) is 0 Å². The van der Waals surface area contributed by atoms with Crippen LogP contribution >= 0.6 is 11.3 Å². The lowest BCUT2D eigenvalue weighted by Gasteiger charge is -2.25. The van der Waals surface area contributed by atoms with E-state index in [4.69, 9.17) is 4.74 Å². The Morgan fingerprint density at radius 2 is 2.06 bits per heavy atom. The average Bonchev–Trinajstić information content (AvgIpc) is 2.66. The monoisotopic (exact) mass is 256 g/mol. The smallest absolute Gasteiger partial charge is 0.273 e. The summed E-state index contributed by atoms with van der Waals surface area (Å²) in [5.74, 6) is 0. The summed E-state index contributed by atoms with van der Waals surface area (Å²) in [5, 5.41) is 2.92. The molecule has 0 saturated carbocycles. The molecule has 1 aromatic rings. The molecule has 0 bridgehead atoms. The number of thiazole rings is 1. The molecule has 1 aromatic heterocycles. The number of hydrogen-bond donors (Lipinski definition) is 0. The van der Waals surface area contributed by atoms with Crippen LogP contribution in [0.4, 0.5) is 0 Å². The maximum atomic E-state index is 5.57. The summed E-state index contributed by atoms with van der Waals surface area (Å²) < 4.78 is 5.57. The van der Waals surface area contributed by atoms with E-state index >= 15 is 0 Å². The zero-order valence-electron chi connectivity index (χ0n) is 10.1. The summed E-state index contributed by atoms with van der Waals surface area (Å²) in [7, 11) is 0. The number of rotatable bonds is 4. The summed E-state index contributed by atoms with van der Waals surface area (Å²) in [6, 6.07) is 0. The normalized spacial score (nSPS) is 16.9. The zero-order chi connectivity index (χ0) is 11.4. The van der Waals surface area contributed by atoms with Gasteiger partial charge in [0, 0.05) is 11.9 Å². The van der Waals surface area contributed by atoms with Crippen molar-refractivity contribution in [3.05, 3.63) is 11.1 Å². The topological polar surface area (TPSA) is 25.4 Å². The van der Waals surface area contributed by atoms with Crippen molar-refractivity contribution < 1.29 is 4.74 Å². The van der Waals surface area contributed by atoms with Crippen molar-refractivity contribution in [3.63, 3.8) is 0 Å². The van der Waals surface area contributed by atoms with E-state index in [-0.39, 0.29) is 13.5 Å². The van der Waals surface area contributed by atoms with Crippen LogP contribution in [0.15, 0.2) is 5.38 Å². The van der Waals surface area contributed by atoms with Crippen LogP contribution in [0.3, 0.4) is 0 Å². The van der Waals surface area contributed by atoms with Crippen LogP contribution in [0, 0.1) is 0 Å². The minimum absolute atomic E-state index is 0. The van der Waals surface area contributed by atoms with Crippen molar-refractivity contribution in [2.75, 3.05) is 13.1 Å². The fourth-order valence-electron chi connectivity index (χ4n) is 1.96. The Hall–Kier alpha value is -0.610. The third-order valence-corrected chi connectivity index (χ3v) is 3.48. The molecule has 0 aromatic carbocycles. The van der Waals surface area contributed by atoms with Crippen LogP contribution in [0.25, 0.3) is 0 Å². The van der Waals surface area contributed by atoms with Crippen LogP contribution in [-0.4, -0.2) is 29.1 Å². The third-order valence-electron chi connectivity index (χ3n) is 2.70. The van der Waals surface area contributed by atoms with E-state index < -0.39 is 0 Å². The molecule has 1 fully saturated rings. The Balaban J connectivity index is 0.00000144. The van der Waals surface area contributed by atoms with Gasteiger partial charge in [-0.3, -0.25) is 4.90 Å². The SMILES string of the molecule is C.CC(C)Oc1nc(CN2CCCCC2)cs1. The molecular formula is C13H24N2OS. The Labute approximate surface area is 109 Å². The average molecular weight is 256 g/mol. The number of likely N-dealkylation sites (tertiary alicyclic amines) is 1. The summed E-state index contributed by atoms with van der Waals surface area (Å²) in [5.41, 5.74) is 1.16. The number of nitrogens with zero attached hydrogens (tertiary/aromatic N) is 2. The van der Waals surface area contributed by atoms with E-state index in [2.05, 4.69) is 15.3 Å². The Morgan fingerprint density at radius 3 is 2.71 bits per heavy atom. The van der Waals surface area contributed by atoms with E-state index in [1.807, 2.05) is 13.8 Å². The fourth-order valence-corrected chi connectivity index (χ4v) is 2.75. The highest BCUT2D eigenvalue weighted by Crippen LogP contribution is 2.21. The standard InChI is InChI=1S/C12H20N2OS.CH4/c1-10(2)15-12-13-11(9-16-12)8-14-6-4-3-5-7-14;/h9-10H,3-8H2,1-2H3;1H4. The van der Waals surface area contributed by atoms with Gasteiger partial charge in [-0.25, -0.2) is 4.98 Å². The summed E-state index contributed by atoms with van der Waals surface area (Å²) in [6.45, 7) is 7.49. The van der Waals surface area contributed by atoms with Crippen LogP contribution in [0.5, 0.6) is 5.19 Å². The van der Waals surface area contributed by atoms with Crippen molar-refractivity contribution in [2.24, 2.45) is 0 Å². The van der Waals surface area contributed by atoms with Gasteiger partial charge in [-0.05, 0) is 39.8 Å². The van der Waals surface area contributed by atoms with Gasteiger partial charge in [-0.2, -0.15) is 0 Å². The fraction of sp³-hybridized carbons (Fsp3) is 0.769. The second kappa shape index (κ2) is 6.97. The lowest BCUT2D eigenvalue weighted by molar-refractivity contribution is 0.215. The highest BCUT2D eigenvalue weighted by atomic mass is 32.1. The summed E-state index contributed by atoms with van der Waals surface area (Å²) >= 11 is 1.61. The molecular weight excluding hydrogens is 232 g/mol. The van der Waals surface area contributed by atoms with Crippen LogP contribution in [0.2, 0.25) is 0 Å². The Kier molecular flexibility index (Phi) is 5.92. The first-order chi connectivity index (χ1) is 7.74. The van der Waals surface area contributed by atoms with Gasteiger partial charge in [0.1, 0.15) is 0 Å². The molecule has 17 heavy (non-hydrogen) atoms. The molecule has 1 aliphatic heterocycles. The zero-order valence-corrected chi connectivity index (χ0v) is 10.9. The Bertz CT molecular complexity index is 319. The van der Waals surface area contributed by atoms with Gasteiger partial charge in [0.2, 0.25) is 0 Å². The van der Waals surface area contributed by atoms with Crippen molar-refractivity contribution >= 4 is 11.3 Å². The van der Waals surface area contributed by atoms with E-state index in [9.17, 15) is 0 Å². The van der Waals surface area contributed by atoms with Crippen molar-refractivity contribution in [3.8, 4) is 5.19 Å². The van der Waals surface area contributed by atoms with E-state index in [0.29, 0.717) is 0 Å². The minimum Gasteiger partial charge on any atom is -0.467 e. The molecule has 1 saturated heterocycles. The molecule has 0 aliphatic carbocycles. The lowest BCUT2D eigenvalue weighted by atomic mass is 10.1. The largest absolute Gasteiger partial charge is 0.467 e. The number of hydrogen-bond acceptors (Lipinski definition) is 4. The molecule has 0 unspecified atom stereocenters. The molecule has 0 atom stereocenters. The number of aromatic nitrogens is 1. The first kappa shape index (κ1) is 14.5. The highest BCUT2D eigenvalue weighted by molar-refractivity contribution is 7.11. The first-order valence-corrected chi connectivity index (χ1v) is 6.95. The van der Waals surface area contributed by atoms with Gasteiger partial charge in [0.25, 0.3) is 5.19 Å². The van der Waals surface area contributed by atoms with Crippen LogP contribution in [-0.2, 0) is 6.54 Å². The second-order valence-corrected chi connectivity index (χ2v) is 5.43. The molecule has 0 radical (unpaired) electrons. The Morgan fingerprint density at radius 1 is 1.35 bits per heavy atom. The van der Waals surface area contributed by atoms with Gasteiger partial charge in [-0.1, -0.05) is 25.2 Å². The van der Waals surface area contributed by atoms with Gasteiger partial charge < -0.3 is 4.74 Å². The number of ether oxygens (including phenoxy) is 1. The molecule has 3 nitrogen and oxygen atoms in total. The maximum absolute atomic E-state index is 5.57. The molecule has 4 heteroatoms. The third kappa shape index (κ3) is 4.64. The van der Waals surface area contributed by atoms with Crippen molar-refractivity contribution in [2.45, 2.75) is 53.2 Å². The minimum atomic E-state index is 0. The van der Waals surface area contributed by atoms with Crippen LogP contribution < -0.4 is 4.74 Å². The lowest BCUT2D eigenvalue weighted by Crippen LogP contribution is -2.29. The highest BCUT2D eigenvalue weighted by Gasteiger charge is 2.12. The molecule has 98 valence electrons. The van der Waals surface area contributed by atoms with Gasteiger partial charge in [0.05, 0.1) is 11.8 Å². The molecule has 0 amide bonds. The molecule has 0 spiro atoms. The van der Waals surface area contributed by atoms with E-state index in [1.165, 1.54) is 32.4 Å². The molecule has 2 rings (SSSR count). The van der Waals surface area contributed by atoms with Crippen molar-refractivity contribution in [1.82, 2.24) is 9.88 Å². The van der Waals surface area contributed by atoms with Gasteiger partial charge in [-0.15, -0.1) is 0 Å². The van der Waals surface area contributed by atoms with E-state index in [0.717, 1.165) is 17.4 Å². The predicted molar refractivity (Wildman–Crippen MR) is 73.7 cm³/mol. The van der Waals surface area contributed by atoms with Gasteiger partial charge >= 0.3 is 0 Å². The number of piperidine rings is 1. The van der Waals surface area contributed by atoms with Gasteiger partial charge in [0.15, 0.2) is 0 Å². The molecule has 2 heterocycles. The molecule has 1 aliphatic rings. The second-order valence-electron chi connectivity index (χ2n) is 4.61. The van der Waals surface area contributed by atoms with Crippen LogP contribution in [0.1, 0.15) is 46.2 Å². The first-order valence-electron chi connectivity index (χ1n) is 6.07. The molecule has 0 N–H and O–H groups in total.